The first-order valence-corrected chi connectivity index (χ1v) is 9.76. The number of para-hydroxylation sites is 2. The molecule has 2 amide bonds. The van der Waals surface area contributed by atoms with Gasteiger partial charge in [-0.3, -0.25) is 9.59 Å². The van der Waals surface area contributed by atoms with Gasteiger partial charge in [-0.15, -0.1) is 0 Å². The summed E-state index contributed by atoms with van der Waals surface area (Å²) in [6.07, 6.45) is 2.09. The van der Waals surface area contributed by atoms with Gasteiger partial charge in [0, 0.05) is 16.8 Å². The molecule has 0 saturated heterocycles. The number of nitrogens with zero attached hydrogens (tertiary/aromatic N) is 1. The molecule has 0 bridgehead atoms. The van der Waals surface area contributed by atoms with E-state index in [1.807, 2.05) is 19.1 Å². The van der Waals surface area contributed by atoms with Crippen molar-refractivity contribution in [1.82, 2.24) is 5.43 Å². The molecular formula is C24H22FN3O3. The smallest absolute Gasteiger partial charge is 0.329 e. The Kier molecular flexibility index (Phi) is 7.48. The molecule has 158 valence electrons. The van der Waals surface area contributed by atoms with Crippen molar-refractivity contribution < 1.29 is 18.7 Å². The maximum Gasteiger partial charge on any atom is 0.329 e. The Morgan fingerprint density at radius 3 is 2.39 bits per heavy atom. The minimum absolute atomic E-state index is 0.0448. The molecule has 0 saturated carbocycles. The predicted molar refractivity (Wildman–Crippen MR) is 117 cm³/mol. The molecule has 6 nitrogen and oxygen atoms in total. The van der Waals surface area contributed by atoms with Crippen molar-refractivity contribution in [2.24, 2.45) is 5.10 Å². The van der Waals surface area contributed by atoms with Crippen molar-refractivity contribution in [1.29, 1.82) is 0 Å². The molecule has 0 unspecified atom stereocenters. The minimum atomic E-state index is -0.896. The van der Waals surface area contributed by atoms with Gasteiger partial charge in [0.2, 0.25) is 0 Å². The lowest BCUT2D eigenvalue weighted by atomic mass is 10.1. The third-order valence-corrected chi connectivity index (χ3v) is 4.48. The number of carbonyl (C=O) groups excluding carboxylic acids is 2. The number of aryl methyl sites for hydroxylation is 1. The SMILES string of the molecule is CCc1ccccc1NC(=O)C(=O)N/N=C\c1ccccc1OCc1ccccc1F. The Bertz CT molecular complexity index is 1100. The van der Waals surface area contributed by atoms with E-state index in [9.17, 15) is 14.0 Å². The van der Waals surface area contributed by atoms with Gasteiger partial charge < -0.3 is 10.1 Å². The maximum absolute atomic E-state index is 13.8. The molecule has 0 spiro atoms. The van der Waals surface area contributed by atoms with Gasteiger partial charge in [-0.25, -0.2) is 9.82 Å². The van der Waals surface area contributed by atoms with Crippen LogP contribution in [-0.2, 0) is 22.6 Å². The first-order chi connectivity index (χ1) is 15.1. The molecule has 3 rings (SSSR count). The normalized spacial score (nSPS) is 10.6. The number of halogens is 1. The Morgan fingerprint density at radius 1 is 0.935 bits per heavy atom. The van der Waals surface area contributed by atoms with E-state index < -0.39 is 11.8 Å². The van der Waals surface area contributed by atoms with E-state index in [1.165, 1.54) is 12.3 Å². The number of ether oxygens (including phenoxy) is 1. The lowest BCUT2D eigenvalue weighted by molar-refractivity contribution is -0.136. The highest BCUT2D eigenvalue weighted by Gasteiger charge is 2.14. The molecule has 0 fully saturated rings. The topological polar surface area (TPSA) is 79.8 Å². The van der Waals surface area contributed by atoms with Crippen LogP contribution in [0.2, 0.25) is 0 Å². The minimum Gasteiger partial charge on any atom is -0.488 e. The Hall–Kier alpha value is -4.00. The van der Waals surface area contributed by atoms with E-state index in [2.05, 4.69) is 15.8 Å². The zero-order valence-corrected chi connectivity index (χ0v) is 17.0. The van der Waals surface area contributed by atoms with Crippen molar-refractivity contribution in [3.63, 3.8) is 0 Å². The van der Waals surface area contributed by atoms with Crippen LogP contribution in [0.5, 0.6) is 5.75 Å². The number of rotatable bonds is 7. The van der Waals surface area contributed by atoms with Crippen LogP contribution < -0.4 is 15.5 Å². The van der Waals surface area contributed by atoms with Crippen LogP contribution in [0.4, 0.5) is 10.1 Å². The van der Waals surface area contributed by atoms with Gasteiger partial charge in [-0.2, -0.15) is 5.10 Å². The maximum atomic E-state index is 13.8. The zero-order valence-electron chi connectivity index (χ0n) is 17.0. The summed E-state index contributed by atoms with van der Waals surface area (Å²) in [6.45, 7) is 2.00. The van der Waals surface area contributed by atoms with Crippen molar-refractivity contribution in [3.05, 3.63) is 95.3 Å². The van der Waals surface area contributed by atoms with E-state index >= 15 is 0 Å². The molecule has 0 aromatic heterocycles. The number of nitrogens with one attached hydrogen (secondary N) is 2. The summed E-state index contributed by atoms with van der Waals surface area (Å²) in [5.41, 5.74) is 4.70. The zero-order chi connectivity index (χ0) is 22.1. The molecule has 3 aromatic rings. The molecule has 0 atom stereocenters. The van der Waals surface area contributed by atoms with Crippen molar-refractivity contribution in [3.8, 4) is 5.75 Å². The van der Waals surface area contributed by atoms with Crippen LogP contribution in [0.1, 0.15) is 23.6 Å². The average molecular weight is 419 g/mol. The van der Waals surface area contributed by atoms with Crippen LogP contribution in [0, 0.1) is 5.82 Å². The second-order valence-electron chi connectivity index (χ2n) is 6.58. The number of hydrogen-bond donors (Lipinski definition) is 2. The molecule has 0 heterocycles. The highest BCUT2D eigenvalue weighted by molar-refractivity contribution is 6.39. The third-order valence-electron chi connectivity index (χ3n) is 4.48. The Morgan fingerprint density at radius 2 is 1.61 bits per heavy atom. The standard InChI is InChI=1S/C24H22FN3O3/c1-2-17-9-4-7-13-21(17)27-23(29)24(30)28-26-15-18-10-5-8-14-22(18)31-16-19-11-3-6-12-20(19)25/h3-15H,2,16H2,1H3,(H,27,29)(H,28,30)/b26-15-. The van der Waals surface area contributed by atoms with Gasteiger partial charge in [-0.1, -0.05) is 55.5 Å². The third kappa shape index (κ3) is 5.99. The van der Waals surface area contributed by atoms with Gasteiger partial charge in [0.25, 0.3) is 0 Å². The van der Waals surface area contributed by atoms with Gasteiger partial charge in [-0.05, 0) is 36.2 Å². The molecule has 0 aliphatic heterocycles. The van der Waals surface area contributed by atoms with E-state index in [4.69, 9.17) is 4.74 Å². The summed E-state index contributed by atoms with van der Waals surface area (Å²) in [5.74, 6) is -1.60. The predicted octanol–water partition coefficient (Wildman–Crippen LogP) is 4.06. The summed E-state index contributed by atoms with van der Waals surface area (Å²) in [7, 11) is 0. The first kappa shape index (κ1) is 21.7. The Balaban J connectivity index is 1.60. The number of amides is 2. The lowest BCUT2D eigenvalue weighted by Crippen LogP contribution is -2.32. The van der Waals surface area contributed by atoms with E-state index in [0.29, 0.717) is 22.6 Å². The van der Waals surface area contributed by atoms with Crippen LogP contribution in [0.3, 0.4) is 0 Å². The summed E-state index contributed by atoms with van der Waals surface area (Å²) < 4.78 is 19.5. The molecule has 2 N–H and O–H groups in total. The monoisotopic (exact) mass is 419 g/mol. The van der Waals surface area contributed by atoms with E-state index in [1.54, 1.807) is 54.6 Å². The number of anilines is 1. The van der Waals surface area contributed by atoms with Crippen molar-refractivity contribution in [2.45, 2.75) is 20.0 Å². The molecule has 31 heavy (non-hydrogen) atoms. The fourth-order valence-electron chi connectivity index (χ4n) is 2.83. The van der Waals surface area contributed by atoms with Gasteiger partial charge in [0.05, 0.1) is 6.21 Å². The number of benzene rings is 3. The number of carbonyl (C=O) groups is 2. The first-order valence-electron chi connectivity index (χ1n) is 9.76. The largest absolute Gasteiger partial charge is 0.488 e. The molecular weight excluding hydrogens is 397 g/mol. The summed E-state index contributed by atoms with van der Waals surface area (Å²) in [6, 6.07) is 20.6. The molecule has 0 radical (unpaired) electrons. The molecule has 3 aromatic carbocycles. The molecule has 7 heteroatoms. The summed E-state index contributed by atoms with van der Waals surface area (Å²) in [4.78, 5) is 24.2. The molecule has 0 aliphatic carbocycles. The van der Waals surface area contributed by atoms with Crippen molar-refractivity contribution >= 4 is 23.7 Å². The molecule has 0 aliphatic rings. The average Bonchev–Trinajstić information content (AvgIpc) is 2.79. The fraction of sp³-hybridized carbons (Fsp3) is 0.125. The highest BCUT2D eigenvalue weighted by atomic mass is 19.1. The van der Waals surface area contributed by atoms with Crippen LogP contribution in [-0.4, -0.2) is 18.0 Å². The highest BCUT2D eigenvalue weighted by Crippen LogP contribution is 2.18. The van der Waals surface area contributed by atoms with Crippen LogP contribution in [0.15, 0.2) is 77.9 Å². The van der Waals surface area contributed by atoms with Gasteiger partial charge in [0.1, 0.15) is 18.2 Å². The van der Waals surface area contributed by atoms with Crippen LogP contribution >= 0.6 is 0 Å². The number of hydrazone groups is 1. The van der Waals surface area contributed by atoms with E-state index in [-0.39, 0.29) is 12.4 Å². The fourth-order valence-corrected chi connectivity index (χ4v) is 2.83. The van der Waals surface area contributed by atoms with Crippen molar-refractivity contribution in [2.75, 3.05) is 5.32 Å². The summed E-state index contributed by atoms with van der Waals surface area (Å²) >= 11 is 0. The Labute approximate surface area is 179 Å². The quantitative estimate of drug-likeness (QED) is 0.344. The van der Waals surface area contributed by atoms with Gasteiger partial charge in [0.15, 0.2) is 0 Å². The second kappa shape index (κ2) is 10.7. The number of hydrogen-bond acceptors (Lipinski definition) is 4. The lowest BCUT2D eigenvalue weighted by Gasteiger charge is -2.10. The second-order valence-corrected chi connectivity index (χ2v) is 6.58. The van der Waals surface area contributed by atoms with Gasteiger partial charge >= 0.3 is 11.8 Å². The van der Waals surface area contributed by atoms with Crippen LogP contribution in [0.25, 0.3) is 0 Å². The van der Waals surface area contributed by atoms with E-state index in [0.717, 1.165) is 12.0 Å². The summed E-state index contributed by atoms with van der Waals surface area (Å²) in [5, 5.41) is 6.42.